The highest BCUT2D eigenvalue weighted by Crippen LogP contribution is 2.25. The molecule has 0 saturated carbocycles. The van der Waals surface area contributed by atoms with Gasteiger partial charge in [-0.15, -0.1) is 5.10 Å². The van der Waals surface area contributed by atoms with Crippen LogP contribution in [0.4, 0.5) is 5.95 Å². The summed E-state index contributed by atoms with van der Waals surface area (Å²) in [6.45, 7) is 1.33. The lowest BCUT2D eigenvalue weighted by atomic mass is 10.1. The number of aromatic nitrogens is 3. The Morgan fingerprint density at radius 2 is 1.86 bits per heavy atom. The molecule has 0 amide bonds. The fourth-order valence-electron chi connectivity index (χ4n) is 2.58. The monoisotopic (exact) mass is 292 g/mol. The van der Waals surface area contributed by atoms with Gasteiger partial charge in [-0.1, -0.05) is 48.5 Å². The van der Waals surface area contributed by atoms with Gasteiger partial charge in [0.2, 0.25) is 5.95 Å². The molecule has 3 aromatic rings. The van der Waals surface area contributed by atoms with Crippen molar-refractivity contribution in [2.75, 3.05) is 11.9 Å². The molecule has 0 atom stereocenters. The molecule has 0 unspecified atom stereocenters. The van der Waals surface area contributed by atoms with Crippen LogP contribution in [0.25, 0.3) is 5.69 Å². The second-order valence-corrected chi connectivity index (χ2v) is 5.20. The highest BCUT2D eigenvalue weighted by molar-refractivity contribution is 5.51. The zero-order valence-corrected chi connectivity index (χ0v) is 12.1. The maximum absolute atomic E-state index is 5.69. The number of fused-ring (bicyclic) bond motifs is 3. The van der Waals surface area contributed by atoms with Gasteiger partial charge in [0, 0.05) is 13.0 Å². The van der Waals surface area contributed by atoms with E-state index in [2.05, 4.69) is 33.6 Å². The number of ether oxygens (including phenoxy) is 1. The number of anilines is 1. The van der Waals surface area contributed by atoms with Gasteiger partial charge in [-0.25, -0.2) is 0 Å². The molecule has 1 aliphatic rings. The average Bonchev–Trinajstić information content (AvgIpc) is 2.99. The summed E-state index contributed by atoms with van der Waals surface area (Å²) in [5.74, 6) is 0.730. The fourth-order valence-corrected chi connectivity index (χ4v) is 2.58. The molecule has 2 heterocycles. The minimum atomic E-state index is 0.412. The topological polar surface area (TPSA) is 52.0 Å². The number of benzene rings is 2. The van der Waals surface area contributed by atoms with Gasteiger partial charge >= 0.3 is 6.01 Å². The number of nitrogens with zero attached hydrogens (tertiary/aromatic N) is 3. The van der Waals surface area contributed by atoms with E-state index in [0.29, 0.717) is 12.6 Å². The second kappa shape index (κ2) is 5.52. The molecule has 5 nitrogen and oxygen atoms in total. The molecule has 4 rings (SSSR count). The molecular formula is C17H16N4O. The van der Waals surface area contributed by atoms with Gasteiger partial charge in [-0.3, -0.25) is 0 Å². The average molecular weight is 292 g/mol. The Morgan fingerprint density at radius 1 is 1.05 bits per heavy atom. The van der Waals surface area contributed by atoms with Crippen molar-refractivity contribution in [2.45, 2.75) is 13.0 Å². The molecule has 22 heavy (non-hydrogen) atoms. The normalized spacial score (nSPS) is 12.2. The van der Waals surface area contributed by atoms with Crippen molar-refractivity contribution in [3.63, 3.8) is 0 Å². The highest BCUT2D eigenvalue weighted by atomic mass is 16.5. The third-order valence-electron chi connectivity index (χ3n) is 3.71. The SMILES string of the molecule is c1ccc(CCOc2nc3n(n2)-c2ccccc2CN3)cc1. The first-order chi connectivity index (χ1) is 10.9. The van der Waals surface area contributed by atoms with Crippen LogP contribution < -0.4 is 10.1 Å². The Hall–Kier alpha value is -2.82. The van der Waals surface area contributed by atoms with E-state index in [1.165, 1.54) is 11.1 Å². The van der Waals surface area contributed by atoms with Crippen molar-refractivity contribution >= 4 is 5.95 Å². The molecule has 1 aliphatic heterocycles. The van der Waals surface area contributed by atoms with E-state index in [0.717, 1.165) is 24.6 Å². The van der Waals surface area contributed by atoms with Gasteiger partial charge in [-0.2, -0.15) is 9.67 Å². The fraction of sp³-hybridized carbons (Fsp3) is 0.176. The minimum absolute atomic E-state index is 0.412. The van der Waals surface area contributed by atoms with Crippen LogP contribution in [-0.4, -0.2) is 21.4 Å². The van der Waals surface area contributed by atoms with Crippen LogP contribution >= 0.6 is 0 Å². The zero-order valence-electron chi connectivity index (χ0n) is 12.1. The summed E-state index contributed by atoms with van der Waals surface area (Å²) in [5, 5.41) is 7.70. The molecule has 0 fully saturated rings. The van der Waals surface area contributed by atoms with Crippen molar-refractivity contribution in [3.05, 3.63) is 65.7 Å². The Morgan fingerprint density at radius 3 is 2.77 bits per heavy atom. The van der Waals surface area contributed by atoms with Crippen LogP contribution in [-0.2, 0) is 13.0 Å². The standard InChI is InChI=1S/C17H16N4O/c1-2-6-13(7-3-1)10-11-22-17-19-16-18-12-14-8-4-5-9-15(14)21(16)20-17/h1-9H,10-12H2,(H,18,19,20). The third kappa shape index (κ3) is 2.41. The molecule has 0 spiro atoms. The van der Waals surface area contributed by atoms with Crippen LogP contribution in [0.1, 0.15) is 11.1 Å². The van der Waals surface area contributed by atoms with Crippen LogP contribution in [0.5, 0.6) is 6.01 Å². The van der Waals surface area contributed by atoms with Crippen LogP contribution in [0.15, 0.2) is 54.6 Å². The number of para-hydroxylation sites is 1. The number of hydrogen-bond acceptors (Lipinski definition) is 4. The molecule has 0 aliphatic carbocycles. The lowest BCUT2D eigenvalue weighted by molar-refractivity contribution is 0.296. The van der Waals surface area contributed by atoms with Gasteiger partial charge in [0.1, 0.15) is 0 Å². The largest absolute Gasteiger partial charge is 0.462 e. The van der Waals surface area contributed by atoms with E-state index in [1.54, 1.807) is 4.68 Å². The van der Waals surface area contributed by atoms with Crippen molar-refractivity contribution < 1.29 is 4.74 Å². The van der Waals surface area contributed by atoms with E-state index >= 15 is 0 Å². The maximum atomic E-state index is 5.69. The Bertz CT molecular complexity index is 782. The molecule has 2 aromatic carbocycles. The van der Waals surface area contributed by atoms with E-state index in [1.807, 2.05) is 36.4 Å². The molecule has 5 heteroatoms. The van der Waals surface area contributed by atoms with Crippen LogP contribution in [0, 0.1) is 0 Å². The van der Waals surface area contributed by atoms with Crippen molar-refractivity contribution in [2.24, 2.45) is 0 Å². The zero-order chi connectivity index (χ0) is 14.8. The molecular weight excluding hydrogens is 276 g/mol. The molecule has 0 bridgehead atoms. The maximum Gasteiger partial charge on any atom is 0.337 e. The van der Waals surface area contributed by atoms with Crippen LogP contribution in [0.2, 0.25) is 0 Å². The smallest absolute Gasteiger partial charge is 0.337 e. The summed E-state index contributed by atoms with van der Waals surface area (Å²) in [6, 6.07) is 18.8. The summed E-state index contributed by atoms with van der Waals surface area (Å²) >= 11 is 0. The van der Waals surface area contributed by atoms with Gasteiger partial charge < -0.3 is 10.1 Å². The molecule has 1 aromatic heterocycles. The molecule has 1 N–H and O–H groups in total. The van der Waals surface area contributed by atoms with Gasteiger partial charge in [0.05, 0.1) is 12.3 Å². The first-order valence-electron chi connectivity index (χ1n) is 7.36. The second-order valence-electron chi connectivity index (χ2n) is 5.20. The van der Waals surface area contributed by atoms with E-state index in [9.17, 15) is 0 Å². The summed E-state index contributed by atoms with van der Waals surface area (Å²) in [5.41, 5.74) is 3.51. The quantitative estimate of drug-likeness (QED) is 0.803. The summed E-state index contributed by atoms with van der Waals surface area (Å²) in [4.78, 5) is 4.40. The number of nitrogens with one attached hydrogen (secondary N) is 1. The van der Waals surface area contributed by atoms with E-state index in [-0.39, 0.29) is 0 Å². The lowest BCUT2D eigenvalue weighted by Gasteiger charge is -2.17. The van der Waals surface area contributed by atoms with E-state index in [4.69, 9.17) is 4.74 Å². The predicted octanol–water partition coefficient (Wildman–Crippen LogP) is 2.81. The van der Waals surface area contributed by atoms with Crippen LogP contribution in [0.3, 0.4) is 0 Å². The predicted molar refractivity (Wildman–Crippen MR) is 84.3 cm³/mol. The lowest BCUT2D eigenvalue weighted by Crippen LogP contribution is -2.15. The summed E-state index contributed by atoms with van der Waals surface area (Å²) in [7, 11) is 0. The molecule has 0 radical (unpaired) electrons. The molecule has 110 valence electrons. The van der Waals surface area contributed by atoms with E-state index < -0.39 is 0 Å². The number of rotatable bonds is 4. The van der Waals surface area contributed by atoms with Crippen molar-refractivity contribution in [3.8, 4) is 11.7 Å². The van der Waals surface area contributed by atoms with Crippen molar-refractivity contribution in [1.82, 2.24) is 14.8 Å². The Balaban J connectivity index is 1.48. The minimum Gasteiger partial charge on any atom is -0.462 e. The number of hydrogen-bond donors (Lipinski definition) is 1. The first kappa shape index (κ1) is 12.9. The Labute approximate surface area is 128 Å². The molecule has 0 saturated heterocycles. The highest BCUT2D eigenvalue weighted by Gasteiger charge is 2.19. The Kier molecular flexibility index (Phi) is 3.23. The van der Waals surface area contributed by atoms with Gasteiger partial charge in [-0.05, 0) is 17.2 Å². The summed E-state index contributed by atoms with van der Waals surface area (Å²) < 4.78 is 7.50. The van der Waals surface area contributed by atoms with Gasteiger partial charge in [0.15, 0.2) is 0 Å². The van der Waals surface area contributed by atoms with Gasteiger partial charge in [0.25, 0.3) is 0 Å². The van der Waals surface area contributed by atoms with Crippen molar-refractivity contribution in [1.29, 1.82) is 0 Å². The summed E-state index contributed by atoms with van der Waals surface area (Å²) in [6.07, 6.45) is 0.842. The third-order valence-corrected chi connectivity index (χ3v) is 3.71. The first-order valence-corrected chi connectivity index (χ1v) is 7.36.